The van der Waals surface area contributed by atoms with Crippen LogP contribution in [0.1, 0.15) is 32.1 Å². The molecule has 2 aromatic carbocycles. The number of nitrogens with zero attached hydrogens (tertiary/aromatic N) is 5. The minimum atomic E-state index is -0.913. The Bertz CT molecular complexity index is 1870. The average molecular weight is 640 g/mol. The molecule has 4 aromatic rings. The fourth-order valence-corrected chi connectivity index (χ4v) is 9.06. The van der Waals surface area contributed by atoms with E-state index in [0.29, 0.717) is 37.3 Å². The van der Waals surface area contributed by atoms with Crippen molar-refractivity contribution in [3.05, 3.63) is 46.3 Å². The largest absolute Gasteiger partial charge is 0.461 e. The molecule has 4 atom stereocenters. The monoisotopic (exact) mass is 639 g/mol. The predicted octanol–water partition coefficient (Wildman–Crippen LogP) is 6.47. The number of anilines is 2. The number of ether oxygens (including phenoxy) is 1. The molecule has 0 saturated carbocycles. The molecule has 0 radical (unpaired) electrons. The molecule has 4 aliphatic heterocycles. The summed E-state index contributed by atoms with van der Waals surface area (Å²) in [5.41, 5.74) is 5.96. The minimum absolute atomic E-state index is 0.000488. The number of hydrogen-bond donors (Lipinski definition) is 2. The number of aromatic nitrogens is 2. The summed E-state index contributed by atoms with van der Waals surface area (Å²) < 4.78 is 52.5. The molecule has 4 aliphatic rings. The molecular formula is C31H29ClF3N7OS. The number of rotatable bonds is 5. The molecule has 4 fully saturated rings. The fourth-order valence-electron chi connectivity index (χ4n) is 7.82. The lowest BCUT2D eigenvalue weighted by Gasteiger charge is -2.34. The highest BCUT2D eigenvalue weighted by atomic mass is 35.5. The number of alkyl halides is 1. The molecule has 3 N–H and O–H groups in total. The maximum Gasteiger partial charge on any atom is 0.319 e. The smallest absolute Gasteiger partial charge is 0.319 e. The van der Waals surface area contributed by atoms with Crippen molar-refractivity contribution in [3.63, 3.8) is 0 Å². The van der Waals surface area contributed by atoms with Gasteiger partial charge >= 0.3 is 6.01 Å². The lowest BCUT2D eigenvalue weighted by atomic mass is 9.95. The van der Waals surface area contributed by atoms with Gasteiger partial charge in [-0.15, -0.1) is 11.3 Å². The normalized spacial score (nSPS) is 26.5. The predicted molar refractivity (Wildman–Crippen MR) is 167 cm³/mol. The van der Waals surface area contributed by atoms with Gasteiger partial charge in [-0.05, 0) is 49.9 Å². The van der Waals surface area contributed by atoms with E-state index >= 15 is 4.39 Å². The Morgan fingerprint density at radius 2 is 2.00 bits per heavy atom. The van der Waals surface area contributed by atoms with Crippen molar-refractivity contribution >= 4 is 60.4 Å². The first kappa shape index (κ1) is 28.1. The van der Waals surface area contributed by atoms with Crippen molar-refractivity contribution < 1.29 is 17.9 Å². The van der Waals surface area contributed by atoms with E-state index < -0.39 is 23.3 Å². The highest BCUT2D eigenvalue weighted by Gasteiger charge is 2.49. The van der Waals surface area contributed by atoms with Gasteiger partial charge in [-0.2, -0.15) is 9.97 Å². The van der Waals surface area contributed by atoms with Gasteiger partial charge in [-0.25, -0.2) is 18.0 Å². The zero-order valence-corrected chi connectivity index (χ0v) is 25.2. The van der Waals surface area contributed by atoms with E-state index in [2.05, 4.69) is 24.9 Å². The first-order valence-corrected chi connectivity index (χ1v) is 16.0. The summed E-state index contributed by atoms with van der Waals surface area (Å²) in [7, 11) is 0. The number of benzene rings is 2. The molecule has 8 rings (SSSR count). The third kappa shape index (κ3) is 4.31. The van der Waals surface area contributed by atoms with Crippen LogP contribution >= 0.6 is 22.9 Å². The van der Waals surface area contributed by atoms with Crippen LogP contribution in [-0.2, 0) is 0 Å². The maximum absolute atomic E-state index is 16.9. The summed E-state index contributed by atoms with van der Waals surface area (Å²) in [5.74, 6) is -0.751. The van der Waals surface area contributed by atoms with E-state index in [4.69, 9.17) is 33.6 Å². The van der Waals surface area contributed by atoms with Gasteiger partial charge < -0.3 is 20.7 Å². The Kier molecular flexibility index (Phi) is 6.61. The van der Waals surface area contributed by atoms with Crippen LogP contribution in [0.3, 0.4) is 0 Å². The first-order chi connectivity index (χ1) is 21.2. The summed E-state index contributed by atoms with van der Waals surface area (Å²) in [5, 5.41) is 4.49. The molecular weight excluding hydrogens is 611 g/mol. The maximum atomic E-state index is 16.9. The standard InChI is InChI=1S/C31H29ClF3N7OS/c1-37-26-23-18(5-6-21(34)27(23)44-28(26)36)22-20(32)9-19-25(24(22)35)39-30(40-29(19)41-12-16-3-4-17(13-41)38-16)43-14-31-7-2-8-42(31)11-15(33)10-31/h5-6,9,15-17,38H,2-4,7-8,10-14,36H2/t15-,16?,17?,31+/m1/s1. The van der Waals surface area contributed by atoms with Crippen molar-refractivity contribution in [2.75, 3.05) is 43.4 Å². The van der Waals surface area contributed by atoms with Crippen LogP contribution in [-0.4, -0.2) is 71.4 Å². The van der Waals surface area contributed by atoms with E-state index in [-0.39, 0.29) is 67.1 Å². The van der Waals surface area contributed by atoms with E-state index in [1.54, 1.807) is 6.07 Å². The topological polar surface area (TPSA) is 83.9 Å². The molecule has 2 bridgehead atoms. The Hall–Kier alpha value is -3.37. The molecule has 0 aliphatic carbocycles. The number of nitrogen functional groups attached to an aromatic ring is 1. The van der Waals surface area contributed by atoms with Gasteiger partial charge in [0.1, 0.15) is 29.9 Å². The van der Waals surface area contributed by atoms with Crippen LogP contribution in [0.2, 0.25) is 5.02 Å². The Morgan fingerprint density at radius 3 is 2.77 bits per heavy atom. The number of thiophene rings is 1. The molecule has 4 saturated heterocycles. The van der Waals surface area contributed by atoms with Crippen molar-refractivity contribution in [2.45, 2.75) is 55.9 Å². The Balaban J connectivity index is 1.29. The molecule has 44 heavy (non-hydrogen) atoms. The average Bonchev–Trinajstić information content (AvgIpc) is 3.73. The van der Waals surface area contributed by atoms with Gasteiger partial charge in [0, 0.05) is 54.5 Å². The van der Waals surface area contributed by atoms with Gasteiger partial charge in [0.2, 0.25) is 5.69 Å². The number of nitrogens with two attached hydrogens (primary N) is 1. The van der Waals surface area contributed by atoms with Crippen LogP contribution in [0, 0.1) is 18.2 Å². The van der Waals surface area contributed by atoms with Gasteiger partial charge in [0.15, 0.2) is 5.82 Å². The second-order valence-electron chi connectivity index (χ2n) is 12.4. The number of piperazine rings is 1. The van der Waals surface area contributed by atoms with Crippen molar-refractivity contribution in [1.29, 1.82) is 0 Å². The van der Waals surface area contributed by atoms with Crippen molar-refractivity contribution in [3.8, 4) is 17.1 Å². The molecule has 13 heteroatoms. The van der Waals surface area contributed by atoms with Crippen LogP contribution in [0.5, 0.6) is 6.01 Å². The van der Waals surface area contributed by atoms with Gasteiger partial charge in [0.25, 0.3) is 0 Å². The molecule has 0 amide bonds. The van der Waals surface area contributed by atoms with Crippen LogP contribution in [0.15, 0.2) is 18.2 Å². The Morgan fingerprint density at radius 1 is 1.20 bits per heavy atom. The summed E-state index contributed by atoms with van der Waals surface area (Å²) in [4.78, 5) is 17.2. The SMILES string of the molecule is [C-]#[N+]c1c(N)sc2c(F)ccc(-c3c(Cl)cc4c(N5CC6CCC(C5)N6)nc(OC[C@@]56CCCN5C[C@H](F)C6)nc4c3F)c12. The highest BCUT2D eigenvalue weighted by molar-refractivity contribution is 7.23. The van der Waals surface area contributed by atoms with E-state index in [1.807, 2.05) is 0 Å². The van der Waals surface area contributed by atoms with Crippen LogP contribution < -0.4 is 20.7 Å². The van der Waals surface area contributed by atoms with Crippen molar-refractivity contribution in [2.24, 2.45) is 0 Å². The summed E-state index contributed by atoms with van der Waals surface area (Å²) in [6.45, 7) is 10.4. The Labute approximate surface area is 260 Å². The summed E-state index contributed by atoms with van der Waals surface area (Å²) in [6.07, 6.45) is 3.34. The molecule has 6 heterocycles. The third-order valence-electron chi connectivity index (χ3n) is 9.76. The second kappa shape index (κ2) is 10.3. The third-order valence-corrected chi connectivity index (χ3v) is 11.1. The molecule has 0 spiro atoms. The van der Waals surface area contributed by atoms with E-state index in [0.717, 1.165) is 43.6 Å². The fraction of sp³-hybridized carbons (Fsp3) is 0.452. The van der Waals surface area contributed by atoms with Gasteiger partial charge in [-0.1, -0.05) is 17.7 Å². The highest BCUT2D eigenvalue weighted by Crippen LogP contribution is 2.49. The quantitative estimate of drug-likeness (QED) is 0.242. The van der Waals surface area contributed by atoms with E-state index in [1.165, 1.54) is 12.1 Å². The number of halogens is 4. The van der Waals surface area contributed by atoms with Crippen LogP contribution in [0.25, 0.3) is 37.0 Å². The lowest BCUT2D eigenvalue weighted by Crippen LogP contribution is -2.51. The molecule has 2 aromatic heterocycles. The number of fused-ring (bicyclic) bond motifs is 5. The summed E-state index contributed by atoms with van der Waals surface area (Å²) >= 11 is 7.77. The van der Waals surface area contributed by atoms with Gasteiger partial charge in [-0.3, -0.25) is 4.90 Å². The minimum Gasteiger partial charge on any atom is -0.461 e. The molecule has 228 valence electrons. The molecule has 8 nitrogen and oxygen atoms in total. The first-order valence-electron chi connectivity index (χ1n) is 14.9. The zero-order chi connectivity index (χ0) is 30.3. The second-order valence-corrected chi connectivity index (χ2v) is 13.9. The number of hydrogen-bond acceptors (Lipinski definition) is 8. The van der Waals surface area contributed by atoms with Crippen LogP contribution in [0.4, 0.5) is 29.7 Å². The summed E-state index contributed by atoms with van der Waals surface area (Å²) in [6, 6.07) is 4.88. The van der Waals surface area contributed by atoms with E-state index in [9.17, 15) is 8.78 Å². The van der Waals surface area contributed by atoms with Gasteiger partial charge in [0.05, 0.1) is 26.8 Å². The number of nitrogens with one attached hydrogen (secondary N) is 1. The zero-order valence-electron chi connectivity index (χ0n) is 23.7. The van der Waals surface area contributed by atoms with Crippen molar-refractivity contribution in [1.82, 2.24) is 20.2 Å². The molecule has 2 unspecified atom stereocenters. The lowest BCUT2D eigenvalue weighted by molar-refractivity contribution is 0.107.